The highest BCUT2D eigenvalue weighted by molar-refractivity contribution is 6.10. The summed E-state index contributed by atoms with van der Waals surface area (Å²) in [5, 5.41) is 5.58. The lowest BCUT2D eigenvalue weighted by molar-refractivity contribution is -0.119. The van der Waals surface area contributed by atoms with Gasteiger partial charge in [-0.3, -0.25) is 9.59 Å². The molecule has 0 aliphatic heterocycles. The summed E-state index contributed by atoms with van der Waals surface area (Å²) in [6.45, 7) is 3.52. The van der Waals surface area contributed by atoms with Gasteiger partial charge in [0.15, 0.2) is 0 Å². The van der Waals surface area contributed by atoms with Gasteiger partial charge in [0.2, 0.25) is 5.91 Å². The quantitative estimate of drug-likeness (QED) is 0.753. The molecule has 2 unspecified atom stereocenters. The highest BCUT2D eigenvalue weighted by atomic mass is 16.5. The van der Waals surface area contributed by atoms with Gasteiger partial charge in [0.1, 0.15) is 5.75 Å². The average Bonchev–Trinajstić information content (AvgIpc) is 2.61. The minimum atomic E-state index is -0.366. The van der Waals surface area contributed by atoms with E-state index in [0.717, 1.165) is 0 Å². The third kappa shape index (κ3) is 4.81. The predicted octanol–water partition coefficient (Wildman–Crippen LogP) is 2.87. The number of methoxy groups -OCH3 is 1. The maximum absolute atomic E-state index is 12.6. The summed E-state index contributed by atoms with van der Waals surface area (Å²) < 4.78 is 5.15. The number of carbonyl (C=O) groups is 2. The Hall–Kier alpha value is -2.86. The first-order valence-electron chi connectivity index (χ1n) is 8.03. The Kier molecular flexibility index (Phi) is 6.14. The molecule has 25 heavy (non-hydrogen) atoms. The lowest BCUT2D eigenvalue weighted by Crippen LogP contribution is -2.34. The molecule has 2 amide bonds. The number of carbonyl (C=O) groups excluding carboxylic acids is 2. The van der Waals surface area contributed by atoms with Gasteiger partial charge in [-0.05, 0) is 31.2 Å². The van der Waals surface area contributed by atoms with E-state index in [-0.39, 0.29) is 23.8 Å². The van der Waals surface area contributed by atoms with Gasteiger partial charge in [-0.25, -0.2) is 0 Å². The van der Waals surface area contributed by atoms with Crippen LogP contribution in [0.5, 0.6) is 5.75 Å². The summed E-state index contributed by atoms with van der Waals surface area (Å²) in [6.07, 6.45) is 0. The zero-order chi connectivity index (χ0) is 18.4. The Balaban J connectivity index is 2.18. The van der Waals surface area contributed by atoms with Crippen LogP contribution in [0.1, 0.15) is 24.2 Å². The van der Waals surface area contributed by atoms with Crippen molar-refractivity contribution in [1.29, 1.82) is 0 Å². The second-order valence-corrected chi connectivity index (χ2v) is 5.87. The van der Waals surface area contributed by atoms with Crippen molar-refractivity contribution in [2.45, 2.75) is 19.9 Å². The molecule has 0 radical (unpaired) electrons. The highest BCUT2D eigenvalue weighted by Gasteiger charge is 2.19. The highest BCUT2D eigenvalue weighted by Crippen LogP contribution is 2.21. The van der Waals surface area contributed by atoms with Crippen LogP contribution >= 0.6 is 0 Å². The van der Waals surface area contributed by atoms with Crippen LogP contribution in [0.4, 0.5) is 11.4 Å². The number of ether oxygens (including phenoxy) is 1. The normalized spacial score (nSPS) is 12.8. The molecule has 2 aromatic carbocycles. The minimum Gasteiger partial charge on any atom is -0.497 e. The van der Waals surface area contributed by atoms with Crippen molar-refractivity contribution in [2.75, 3.05) is 17.7 Å². The number of nitrogens with two attached hydrogens (primary N) is 1. The number of rotatable bonds is 6. The monoisotopic (exact) mass is 341 g/mol. The molecule has 0 bridgehead atoms. The predicted molar refractivity (Wildman–Crippen MR) is 98.8 cm³/mol. The molecule has 2 rings (SSSR count). The molecule has 132 valence electrons. The van der Waals surface area contributed by atoms with Crippen molar-refractivity contribution in [3.63, 3.8) is 0 Å². The second kappa shape index (κ2) is 8.30. The number of para-hydroxylation sites is 1. The number of nitrogens with one attached hydrogen (secondary N) is 2. The summed E-state index contributed by atoms with van der Waals surface area (Å²) in [6, 6.07) is 13.6. The number of amides is 2. The van der Waals surface area contributed by atoms with Crippen molar-refractivity contribution in [1.82, 2.24) is 0 Å². The van der Waals surface area contributed by atoms with E-state index in [0.29, 0.717) is 22.7 Å². The van der Waals surface area contributed by atoms with E-state index in [4.69, 9.17) is 10.5 Å². The van der Waals surface area contributed by atoms with E-state index in [9.17, 15) is 9.59 Å². The van der Waals surface area contributed by atoms with E-state index >= 15 is 0 Å². The van der Waals surface area contributed by atoms with E-state index in [1.165, 1.54) is 0 Å². The fourth-order valence-corrected chi connectivity index (χ4v) is 2.17. The molecule has 6 nitrogen and oxygen atoms in total. The van der Waals surface area contributed by atoms with Crippen LogP contribution in [0.2, 0.25) is 0 Å². The Labute approximate surface area is 147 Å². The van der Waals surface area contributed by atoms with Crippen molar-refractivity contribution in [2.24, 2.45) is 11.7 Å². The lowest BCUT2D eigenvalue weighted by atomic mass is 10.0. The molecule has 0 saturated heterocycles. The lowest BCUT2D eigenvalue weighted by Gasteiger charge is -2.17. The standard InChI is InChI=1S/C19H23N3O3/c1-12(13(2)20)18(23)22-17-10-5-4-9-16(17)19(24)21-14-7-6-8-15(11-14)25-3/h4-13H,20H2,1-3H3,(H,21,24)(H,22,23). The van der Waals surface area contributed by atoms with E-state index in [2.05, 4.69) is 10.6 Å². The van der Waals surface area contributed by atoms with Crippen molar-refractivity contribution in [3.8, 4) is 5.75 Å². The molecule has 6 heteroatoms. The molecule has 4 N–H and O–H groups in total. The van der Waals surface area contributed by atoms with Crippen LogP contribution in [-0.2, 0) is 4.79 Å². The van der Waals surface area contributed by atoms with E-state index in [1.807, 2.05) is 0 Å². The largest absolute Gasteiger partial charge is 0.497 e. The number of benzene rings is 2. The third-order valence-corrected chi connectivity index (χ3v) is 3.96. The zero-order valence-corrected chi connectivity index (χ0v) is 14.6. The Morgan fingerprint density at radius 3 is 2.44 bits per heavy atom. The summed E-state index contributed by atoms with van der Waals surface area (Å²) >= 11 is 0. The van der Waals surface area contributed by atoms with Crippen LogP contribution < -0.4 is 21.1 Å². The molecule has 0 spiro atoms. The maximum Gasteiger partial charge on any atom is 0.257 e. The van der Waals surface area contributed by atoms with Crippen LogP contribution in [0.15, 0.2) is 48.5 Å². The first-order chi connectivity index (χ1) is 11.9. The van der Waals surface area contributed by atoms with Gasteiger partial charge in [-0.1, -0.05) is 25.1 Å². The van der Waals surface area contributed by atoms with Gasteiger partial charge < -0.3 is 21.1 Å². The molecule has 0 aromatic heterocycles. The molecule has 0 aliphatic carbocycles. The maximum atomic E-state index is 12.6. The number of hydrogen-bond acceptors (Lipinski definition) is 4. The Bertz CT molecular complexity index is 759. The van der Waals surface area contributed by atoms with Gasteiger partial charge in [0, 0.05) is 17.8 Å². The number of hydrogen-bond donors (Lipinski definition) is 3. The van der Waals surface area contributed by atoms with Crippen LogP contribution in [0.25, 0.3) is 0 Å². The van der Waals surface area contributed by atoms with Gasteiger partial charge in [-0.2, -0.15) is 0 Å². The fraction of sp³-hybridized carbons (Fsp3) is 0.263. The van der Waals surface area contributed by atoms with Crippen LogP contribution in [0, 0.1) is 5.92 Å². The molecule has 2 aromatic rings. The van der Waals surface area contributed by atoms with Crippen LogP contribution in [0.3, 0.4) is 0 Å². The smallest absolute Gasteiger partial charge is 0.257 e. The van der Waals surface area contributed by atoms with Gasteiger partial charge in [0.05, 0.1) is 24.3 Å². The van der Waals surface area contributed by atoms with Gasteiger partial charge in [-0.15, -0.1) is 0 Å². The Morgan fingerprint density at radius 1 is 1.04 bits per heavy atom. The van der Waals surface area contributed by atoms with Crippen molar-refractivity contribution < 1.29 is 14.3 Å². The fourth-order valence-electron chi connectivity index (χ4n) is 2.17. The summed E-state index contributed by atoms with van der Waals surface area (Å²) in [7, 11) is 1.56. The van der Waals surface area contributed by atoms with Gasteiger partial charge >= 0.3 is 0 Å². The molecule has 2 atom stereocenters. The topological polar surface area (TPSA) is 93.5 Å². The zero-order valence-electron chi connectivity index (χ0n) is 14.6. The Morgan fingerprint density at radius 2 is 1.76 bits per heavy atom. The molecular weight excluding hydrogens is 318 g/mol. The SMILES string of the molecule is COc1cccc(NC(=O)c2ccccc2NC(=O)C(C)C(C)N)c1. The van der Waals surface area contributed by atoms with Crippen LogP contribution in [-0.4, -0.2) is 25.0 Å². The molecule has 0 heterocycles. The summed E-state index contributed by atoms with van der Waals surface area (Å²) in [5.41, 5.74) is 7.19. The minimum absolute atomic E-state index is 0.225. The second-order valence-electron chi connectivity index (χ2n) is 5.87. The third-order valence-electron chi connectivity index (χ3n) is 3.96. The van der Waals surface area contributed by atoms with E-state index < -0.39 is 0 Å². The first kappa shape index (κ1) is 18.5. The van der Waals surface area contributed by atoms with Crippen molar-refractivity contribution in [3.05, 3.63) is 54.1 Å². The molecule has 0 aliphatic rings. The first-order valence-corrected chi connectivity index (χ1v) is 8.03. The molecule has 0 fully saturated rings. The summed E-state index contributed by atoms with van der Waals surface area (Å²) in [4.78, 5) is 24.8. The van der Waals surface area contributed by atoms with Crippen molar-refractivity contribution >= 4 is 23.2 Å². The van der Waals surface area contributed by atoms with E-state index in [1.54, 1.807) is 69.5 Å². The molecular formula is C19H23N3O3. The average molecular weight is 341 g/mol. The number of anilines is 2. The molecule has 0 saturated carbocycles. The summed E-state index contributed by atoms with van der Waals surface area (Å²) in [5.74, 6) is -0.270. The van der Waals surface area contributed by atoms with Gasteiger partial charge in [0.25, 0.3) is 5.91 Å².